The minimum Gasteiger partial charge on any atom is -0.405 e. The van der Waals surface area contributed by atoms with Crippen molar-refractivity contribution in [3.63, 3.8) is 0 Å². The van der Waals surface area contributed by atoms with Crippen molar-refractivity contribution in [1.29, 1.82) is 0 Å². The van der Waals surface area contributed by atoms with E-state index in [9.17, 15) is 0 Å². The molecule has 0 spiro atoms. The molecule has 5 heteroatoms. The van der Waals surface area contributed by atoms with Gasteiger partial charge in [-0.25, -0.2) is 0 Å². The molecule has 0 radical (unpaired) electrons. The van der Waals surface area contributed by atoms with Gasteiger partial charge < -0.3 is 5.73 Å². The highest BCUT2D eigenvalue weighted by Crippen LogP contribution is 2.39. The van der Waals surface area contributed by atoms with Crippen molar-refractivity contribution in [1.82, 2.24) is 14.8 Å². The molecular weight excluding hydrogens is 232 g/mol. The average molecular weight is 248 g/mol. The Labute approximate surface area is 105 Å². The summed E-state index contributed by atoms with van der Waals surface area (Å²) in [6, 6.07) is 0.543. The van der Waals surface area contributed by atoms with Crippen molar-refractivity contribution in [3.05, 3.63) is 36.8 Å². The van der Waals surface area contributed by atoms with Gasteiger partial charge in [-0.1, -0.05) is 30.5 Å². The molecule has 1 aliphatic carbocycles. The Morgan fingerprint density at radius 1 is 1.53 bits per heavy atom. The maximum Gasteiger partial charge on any atom is 0.191 e. The largest absolute Gasteiger partial charge is 0.405 e. The summed E-state index contributed by atoms with van der Waals surface area (Å²) < 4.78 is 2.19. The average Bonchev–Trinajstić information content (AvgIpc) is 3.08. The van der Waals surface area contributed by atoms with E-state index in [4.69, 9.17) is 5.73 Å². The summed E-state index contributed by atoms with van der Waals surface area (Å²) in [7, 11) is 0. The number of allylic oxidation sites excluding steroid dienone is 4. The third-order valence-electron chi connectivity index (χ3n) is 2.59. The quantitative estimate of drug-likeness (QED) is 0.642. The topological polar surface area (TPSA) is 56.7 Å². The highest BCUT2D eigenvalue weighted by molar-refractivity contribution is 7.98. The van der Waals surface area contributed by atoms with Crippen molar-refractivity contribution in [2.45, 2.75) is 24.0 Å². The number of thioether (sulfide) groups is 1. The molecule has 0 amide bonds. The summed E-state index contributed by atoms with van der Waals surface area (Å²) in [4.78, 5) is 0. The molecule has 0 saturated heterocycles. The maximum atomic E-state index is 5.46. The first-order valence-corrected chi connectivity index (χ1v) is 6.74. The van der Waals surface area contributed by atoms with Crippen LogP contribution >= 0.6 is 11.8 Å². The van der Waals surface area contributed by atoms with Crippen LogP contribution in [-0.2, 0) is 0 Å². The van der Waals surface area contributed by atoms with Gasteiger partial charge in [0.25, 0.3) is 0 Å². The summed E-state index contributed by atoms with van der Waals surface area (Å²) in [5, 5.41) is 9.42. The summed E-state index contributed by atoms with van der Waals surface area (Å²) in [5.41, 5.74) is 6.41. The van der Waals surface area contributed by atoms with Crippen LogP contribution in [0, 0.1) is 0 Å². The van der Waals surface area contributed by atoms with Crippen LogP contribution in [0.2, 0.25) is 0 Å². The van der Waals surface area contributed by atoms with Gasteiger partial charge in [0, 0.05) is 11.6 Å². The Kier molecular flexibility index (Phi) is 3.68. The molecule has 1 aliphatic rings. The van der Waals surface area contributed by atoms with Gasteiger partial charge in [0.15, 0.2) is 11.0 Å². The van der Waals surface area contributed by atoms with E-state index in [0.29, 0.717) is 6.04 Å². The SMILES string of the molecule is C=C/C=C(\C=C/N)c1nnc(SC)n1C1CC1. The molecule has 1 fully saturated rings. The Bertz CT molecular complexity index is 469. The Hall–Kier alpha value is -1.49. The predicted molar refractivity (Wildman–Crippen MR) is 71.6 cm³/mol. The molecule has 1 heterocycles. The molecule has 2 N–H and O–H groups in total. The first-order valence-electron chi connectivity index (χ1n) is 5.52. The number of aromatic nitrogens is 3. The van der Waals surface area contributed by atoms with Gasteiger partial charge >= 0.3 is 0 Å². The Morgan fingerprint density at radius 3 is 2.82 bits per heavy atom. The fourth-order valence-electron chi connectivity index (χ4n) is 1.71. The normalized spacial score (nSPS) is 16.6. The van der Waals surface area contributed by atoms with Crippen molar-refractivity contribution < 1.29 is 0 Å². The third kappa shape index (κ3) is 2.44. The summed E-state index contributed by atoms with van der Waals surface area (Å²) in [6.07, 6.45) is 11.4. The number of nitrogens with zero attached hydrogens (tertiary/aromatic N) is 3. The summed E-state index contributed by atoms with van der Waals surface area (Å²) in [5.74, 6) is 0.874. The molecule has 2 rings (SSSR count). The standard InChI is InChI=1S/C12H16N4S/c1-3-4-9(7-8-13)11-14-15-12(17-2)16(11)10-5-6-10/h3-4,7-8,10H,1,5-6,13H2,2H3/b8-7-,9-4+. The Balaban J connectivity index is 2.46. The van der Waals surface area contributed by atoms with Crippen LogP contribution in [0.5, 0.6) is 0 Å². The smallest absolute Gasteiger partial charge is 0.191 e. The zero-order valence-corrected chi connectivity index (χ0v) is 10.7. The van der Waals surface area contributed by atoms with E-state index in [1.165, 1.54) is 19.0 Å². The highest BCUT2D eigenvalue weighted by atomic mass is 32.2. The van der Waals surface area contributed by atoms with Crippen LogP contribution in [0.4, 0.5) is 0 Å². The van der Waals surface area contributed by atoms with Crippen molar-refractivity contribution in [3.8, 4) is 0 Å². The van der Waals surface area contributed by atoms with E-state index in [2.05, 4.69) is 21.3 Å². The van der Waals surface area contributed by atoms with Crippen LogP contribution in [0.3, 0.4) is 0 Å². The summed E-state index contributed by atoms with van der Waals surface area (Å²) >= 11 is 1.62. The minimum atomic E-state index is 0.543. The van der Waals surface area contributed by atoms with Gasteiger partial charge in [0.05, 0.1) is 0 Å². The van der Waals surface area contributed by atoms with Crippen LogP contribution in [0.15, 0.2) is 36.2 Å². The maximum absolute atomic E-state index is 5.46. The second-order valence-electron chi connectivity index (χ2n) is 3.83. The summed E-state index contributed by atoms with van der Waals surface area (Å²) in [6.45, 7) is 3.71. The van der Waals surface area contributed by atoms with E-state index in [1.54, 1.807) is 17.8 Å². The van der Waals surface area contributed by atoms with Gasteiger partial charge in [0.2, 0.25) is 0 Å². The van der Waals surface area contributed by atoms with E-state index in [0.717, 1.165) is 16.6 Å². The van der Waals surface area contributed by atoms with E-state index in [1.807, 2.05) is 18.4 Å². The number of nitrogens with two attached hydrogens (primary N) is 1. The first-order chi connectivity index (χ1) is 8.31. The molecule has 0 unspecified atom stereocenters. The number of hydrogen-bond donors (Lipinski definition) is 1. The lowest BCUT2D eigenvalue weighted by atomic mass is 10.2. The zero-order chi connectivity index (χ0) is 12.3. The van der Waals surface area contributed by atoms with Gasteiger partial charge in [-0.05, 0) is 31.4 Å². The zero-order valence-electron chi connectivity index (χ0n) is 9.84. The molecule has 1 saturated carbocycles. The van der Waals surface area contributed by atoms with Crippen molar-refractivity contribution in [2.24, 2.45) is 5.73 Å². The number of rotatable bonds is 5. The minimum absolute atomic E-state index is 0.543. The lowest BCUT2D eigenvalue weighted by molar-refractivity contribution is 0.656. The van der Waals surface area contributed by atoms with Gasteiger partial charge in [-0.3, -0.25) is 4.57 Å². The molecule has 0 aliphatic heterocycles. The predicted octanol–water partition coefficient (Wildman–Crippen LogP) is 2.38. The molecule has 0 aromatic carbocycles. The highest BCUT2D eigenvalue weighted by Gasteiger charge is 2.29. The molecule has 1 aromatic rings. The van der Waals surface area contributed by atoms with Crippen molar-refractivity contribution in [2.75, 3.05) is 6.26 Å². The van der Waals surface area contributed by atoms with Crippen LogP contribution in [0.25, 0.3) is 5.57 Å². The fourth-order valence-corrected chi connectivity index (χ4v) is 2.26. The van der Waals surface area contributed by atoms with Crippen LogP contribution in [0.1, 0.15) is 24.7 Å². The molecule has 17 heavy (non-hydrogen) atoms. The van der Waals surface area contributed by atoms with Gasteiger partial charge in [0.1, 0.15) is 0 Å². The Morgan fingerprint density at radius 2 is 2.29 bits per heavy atom. The second-order valence-corrected chi connectivity index (χ2v) is 4.60. The monoisotopic (exact) mass is 248 g/mol. The van der Waals surface area contributed by atoms with Crippen LogP contribution in [-0.4, -0.2) is 21.0 Å². The van der Waals surface area contributed by atoms with E-state index >= 15 is 0 Å². The molecule has 1 aromatic heterocycles. The molecular formula is C12H16N4S. The fraction of sp³-hybridized carbons (Fsp3) is 0.333. The third-order valence-corrected chi connectivity index (χ3v) is 3.23. The van der Waals surface area contributed by atoms with Crippen LogP contribution < -0.4 is 5.73 Å². The second kappa shape index (κ2) is 5.23. The first kappa shape index (κ1) is 12.0. The van der Waals surface area contributed by atoms with E-state index in [-0.39, 0.29) is 0 Å². The molecule has 4 nitrogen and oxygen atoms in total. The number of hydrogen-bond acceptors (Lipinski definition) is 4. The van der Waals surface area contributed by atoms with Gasteiger partial charge in [-0.2, -0.15) is 0 Å². The lowest BCUT2D eigenvalue weighted by Gasteiger charge is -2.07. The molecule has 90 valence electrons. The van der Waals surface area contributed by atoms with E-state index < -0.39 is 0 Å². The lowest BCUT2D eigenvalue weighted by Crippen LogP contribution is -2.02. The van der Waals surface area contributed by atoms with Gasteiger partial charge in [-0.15, -0.1) is 10.2 Å². The van der Waals surface area contributed by atoms with Crippen molar-refractivity contribution >= 4 is 17.3 Å². The molecule has 0 bridgehead atoms. The molecule has 0 atom stereocenters.